The van der Waals surface area contributed by atoms with Crippen LogP contribution in [0, 0.1) is 0 Å². The molecule has 0 atom stereocenters. The summed E-state index contributed by atoms with van der Waals surface area (Å²) in [6.07, 6.45) is 5.19. The maximum atomic E-state index is 12.2. The fourth-order valence-electron chi connectivity index (χ4n) is 2.36. The zero-order chi connectivity index (χ0) is 16.3. The SMILES string of the molecule is O=C(Cc1ccc(OCCCCCCBr)cc1)c1ccccc1. The summed E-state index contributed by atoms with van der Waals surface area (Å²) in [6, 6.07) is 17.3. The molecule has 0 unspecified atom stereocenters. The van der Waals surface area contributed by atoms with E-state index in [9.17, 15) is 4.79 Å². The van der Waals surface area contributed by atoms with Crippen LogP contribution in [0.1, 0.15) is 41.6 Å². The zero-order valence-corrected chi connectivity index (χ0v) is 14.9. The number of alkyl halides is 1. The Morgan fingerprint density at radius 1 is 0.870 bits per heavy atom. The van der Waals surface area contributed by atoms with Gasteiger partial charge in [-0.1, -0.05) is 71.2 Å². The lowest BCUT2D eigenvalue weighted by Crippen LogP contribution is -2.03. The van der Waals surface area contributed by atoms with Crippen molar-refractivity contribution >= 4 is 21.7 Å². The maximum Gasteiger partial charge on any atom is 0.167 e. The van der Waals surface area contributed by atoms with E-state index >= 15 is 0 Å². The Balaban J connectivity index is 1.75. The fraction of sp³-hybridized carbons (Fsp3) is 0.350. The van der Waals surface area contributed by atoms with Crippen molar-refractivity contribution < 1.29 is 9.53 Å². The van der Waals surface area contributed by atoms with Crippen LogP contribution in [0.3, 0.4) is 0 Å². The molecule has 0 amide bonds. The number of hydrogen-bond donors (Lipinski definition) is 0. The van der Waals surface area contributed by atoms with E-state index in [0.717, 1.165) is 35.2 Å². The van der Waals surface area contributed by atoms with Crippen molar-refractivity contribution in [3.63, 3.8) is 0 Å². The number of halogens is 1. The molecule has 0 fully saturated rings. The molecule has 0 N–H and O–H groups in total. The summed E-state index contributed by atoms with van der Waals surface area (Å²) >= 11 is 3.44. The van der Waals surface area contributed by atoms with Crippen LogP contribution in [0.25, 0.3) is 0 Å². The minimum atomic E-state index is 0.144. The molecule has 0 spiro atoms. The highest BCUT2D eigenvalue weighted by Gasteiger charge is 2.06. The number of ether oxygens (including phenoxy) is 1. The third-order valence-electron chi connectivity index (χ3n) is 3.68. The van der Waals surface area contributed by atoms with Crippen molar-refractivity contribution in [2.45, 2.75) is 32.1 Å². The van der Waals surface area contributed by atoms with Gasteiger partial charge >= 0.3 is 0 Å². The number of carbonyl (C=O) groups is 1. The third kappa shape index (κ3) is 6.57. The molecule has 2 rings (SSSR count). The van der Waals surface area contributed by atoms with E-state index in [2.05, 4.69) is 15.9 Å². The van der Waals surface area contributed by atoms with Crippen LogP contribution in [-0.2, 0) is 6.42 Å². The largest absolute Gasteiger partial charge is 0.494 e. The molecule has 0 bridgehead atoms. The molecule has 2 aromatic rings. The third-order valence-corrected chi connectivity index (χ3v) is 4.24. The van der Waals surface area contributed by atoms with Gasteiger partial charge in [0.15, 0.2) is 5.78 Å². The highest BCUT2D eigenvalue weighted by atomic mass is 79.9. The van der Waals surface area contributed by atoms with Gasteiger partial charge in [0, 0.05) is 17.3 Å². The van der Waals surface area contributed by atoms with Crippen molar-refractivity contribution in [2.75, 3.05) is 11.9 Å². The van der Waals surface area contributed by atoms with Crippen LogP contribution in [0.2, 0.25) is 0 Å². The molecular formula is C20H23BrO2. The molecular weight excluding hydrogens is 352 g/mol. The summed E-state index contributed by atoms with van der Waals surface area (Å²) in [6.45, 7) is 0.755. The molecule has 3 heteroatoms. The quantitative estimate of drug-likeness (QED) is 0.314. The highest BCUT2D eigenvalue weighted by molar-refractivity contribution is 9.09. The number of Topliss-reactive ketones (excluding diaryl/α,β-unsaturated/α-hetero) is 1. The van der Waals surface area contributed by atoms with Crippen molar-refractivity contribution in [1.29, 1.82) is 0 Å². The summed E-state index contributed by atoms with van der Waals surface area (Å²) < 4.78 is 5.73. The van der Waals surface area contributed by atoms with Gasteiger partial charge in [-0.05, 0) is 30.5 Å². The second-order valence-electron chi connectivity index (χ2n) is 5.56. The second kappa shape index (κ2) is 10.2. The van der Waals surface area contributed by atoms with E-state index in [1.54, 1.807) is 0 Å². The highest BCUT2D eigenvalue weighted by Crippen LogP contribution is 2.15. The molecule has 0 radical (unpaired) electrons. The summed E-state index contributed by atoms with van der Waals surface area (Å²) in [5, 5.41) is 1.08. The Morgan fingerprint density at radius 2 is 1.57 bits per heavy atom. The molecule has 0 aliphatic rings. The summed E-state index contributed by atoms with van der Waals surface area (Å²) in [5.41, 5.74) is 1.78. The van der Waals surface area contributed by atoms with E-state index in [1.165, 1.54) is 19.3 Å². The molecule has 0 saturated carbocycles. The van der Waals surface area contributed by atoms with E-state index < -0.39 is 0 Å². The molecule has 0 aromatic heterocycles. The number of hydrogen-bond acceptors (Lipinski definition) is 2. The van der Waals surface area contributed by atoms with Gasteiger partial charge in [0.1, 0.15) is 5.75 Å². The average Bonchev–Trinajstić information content (AvgIpc) is 2.60. The minimum Gasteiger partial charge on any atom is -0.494 e. The number of benzene rings is 2. The molecule has 2 nitrogen and oxygen atoms in total. The van der Waals surface area contributed by atoms with Crippen LogP contribution in [0.15, 0.2) is 54.6 Å². The van der Waals surface area contributed by atoms with Crippen LogP contribution >= 0.6 is 15.9 Å². The average molecular weight is 375 g/mol. The van der Waals surface area contributed by atoms with Gasteiger partial charge in [0.2, 0.25) is 0 Å². The number of carbonyl (C=O) groups excluding carboxylic acids is 1. The van der Waals surface area contributed by atoms with Gasteiger partial charge < -0.3 is 4.74 Å². The van der Waals surface area contributed by atoms with E-state index in [-0.39, 0.29) is 5.78 Å². The number of ketones is 1. The van der Waals surface area contributed by atoms with Crippen LogP contribution in [0.5, 0.6) is 5.75 Å². The van der Waals surface area contributed by atoms with Crippen LogP contribution < -0.4 is 4.74 Å². The predicted molar refractivity (Wildman–Crippen MR) is 98.7 cm³/mol. The first-order valence-electron chi connectivity index (χ1n) is 8.15. The minimum absolute atomic E-state index is 0.144. The van der Waals surface area contributed by atoms with Crippen LogP contribution in [0.4, 0.5) is 0 Å². The Hall–Kier alpha value is -1.61. The van der Waals surface area contributed by atoms with Gasteiger partial charge in [-0.3, -0.25) is 4.79 Å². The normalized spacial score (nSPS) is 10.5. The first-order valence-corrected chi connectivity index (χ1v) is 9.27. The summed E-state index contributed by atoms with van der Waals surface area (Å²) in [5.74, 6) is 1.02. The smallest absolute Gasteiger partial charge is 0.167 e. The molecule has 0 heterocycles. The van der Waals surface area contributed by atoms with Gasteiger partial charge in [-0.2, -0.15) is 0 Å². The van der Waals surface area contributed by atoms with E-state index in [4.69, 9.17) is 4.74 Å². The molecule has 122 valence electrons. The van der Waals surface area contributed by atoms with Gasteiger partial charge in [-0.15, -0.1) is 0 Å². The first kappa shape index (κ1) is 17.7. The topological polar surface area (TPSA) is 26.3 Å². The Morgan fingerprint density at radius 3 is 2.26 bits per heavy atom. The fourth-order valence-corrected chi connectivity index (χ4v) is 2.75. The van der Waals surface area contributed by atoms with Crippen molar-refractivity contribution in [3.8, 4) is 5.75 Å². The standard InChI is InChI=1S/C20H23BrO2/c21-14-6-1-2-7-15-23-19-12-10-17(11-13-19)16-20(22)18-8-4-3-5-9-18/h3-5,8-13H,1-2,6-7,14-16H2. The predicted octanol–water partition coefficient (Wildman–Crippen LogP) is 5.45. The van der Waals surface area contributed by atoms with Crippen molar-refractivity contribution in [2.24, 2.45) is 0 Å². The summed E-state index contributed by atoms with van der Waals surface area (Å²) in [4.78, 5) is 12.2. The Kier molecular flexibility index (Phi) is 7.88. The van der Waals surface area contributed by atoms with Crippen molar-refractivity contribution in [3.05, 3.63) is 65.7 Å². The monoisotopic (exact) mass is 374 g/mol. The first-order chi connectivity index (χ1) is 11.3. The van der Waals surface area contributed by atoms with Crippen LogP contribution in [-0.4, -0.2) is 17.7 Å². The molecule has 0 aliphatic heterocycles. The van der Waals surface area contributed by atoms with Gasteiger partial charge in [-0.25, -0.2) is 0 Å². The molecule has 0 saturated heterocycles. The van der Waals surface area contributed by atoms with Crippen molar-refractivity contribution in [1.82, 2.24) is 0 Å². The number of unbranched alkanes of at least 4 members (excludes halogenated alkanes) is 3. The van der Waals surface area contributed by atoms with E-state index in [0.29, 0.717) is 6.42 Å². The maximum absolute atomic E-state index is 12.2. The molecule has 23 heavy (non-hydrogen) atoms. The molecule has 0 aliphatic carbocycles. The lowest BCUT2D eigenvalue weighted by atomic mass is 10.0. The molecule has 2 aromatic carbocycles. The Bertz CT molecular complexity index is 578. The second-order valence-corrected chi connectivity index (χ2v) is 6.35. The van der Waals surface area contributed by atoms with Gasteiger partial charge in [0.25, 0.3) is 0 Å². The zero-order valence-electron chi connectivity index (χ0n) is 13.3. The summed E-state index contributed by atoms with van der Waals surface area (Å²) in [7, 11) is 0. The van der Waals surface area contributed by atoms with E-state index in [1.807, 2.05) is 54.6 Å². The number of rotatable bonds is 10. The van der Waals surface area contributed by atoms with Gasteiger partial charge in [0.05, 0.1) is 6.61 Å². The lowest BCUT2D eigenvalue weighted by Gasteiger charge is -2.07. The Labute approximate surface area is 147 Å². The lowest BCUT2D eigenvalue weighted by molar-refractivity contribution is 0.0993.